The molecule has 3 rings (SSSR count). The van der Waals surface area contributed by atoms with Crippen molar-refractivity contribution in [1.82, 2.24) is 20.7 Å². The van der Waals surface area contributed by atoms with Gasteiger partial charge in [-0.1, -0.05) is 48.0 Å². The van der Waals surface area contributed by atoms with Crippen LogP contribution >= 0.6 is 11.6 Å². The number of amides is 1. The SMILES string of the molecule is C[C@@H](NC(=O)c1n[nH]nc1Nc1cccc(Cl)c1)c1ccccc1. The van der Waals surface area contributed by atoms with Crippen molar-refractivity contribution in [2.24, 2.45) is 0 Å². The fourth-order valence-corrected chi connectivity index (χ4v) is 2.46. The molecule has 2 aromatic carbocycles. The summed E-state index contributed by atoms with van der Waals surface area (Å²) in [7, 11) is 0. The van der Waals surface area contributed by atoms with Crippen molar-refractivity contribution in [3.05, 3.63) is 70.9 Å². The van der Waals surface area contributed by atoms with Gasteiger partial charge in [0, 0.05) is 10.7 Å². The number of carbonyl (C=O) groups is 1. The van der Waals surface area contributed by atoms with Crippen molar-refractivity contribution < 1.29 is 4.79 Å². The van der Waals surface area contributed by atoms with Gasteiger partial charge in [0.2, 0.25) is 0 Å². The summed E-state index contributed by atoms with van der Waals surface area (Å²) in [6.07, 6.45) is 0. The third-order valence-electron chi connectivity index (χ3n) is 3.50. The topological polar surface area (TPSA) is 82.7 Å². The molecule has 3 aromatic rings. The van der Waals surface area contributed by atoms with Gasteiger partial charge in [-0.2, -0.15) is 5.21 Å². The van der Waals surface area contributed by atoms with Crippen molar-refractivity contribution >= 4 is 29.0 Å². The Kier molecular flexibility index (Phi) is 4.77. The second-order valence-electron chi connectivity index (χ2n) is 5.26. The molecule has 24 heavy (non-hydrogen) atoms. The number of carbonyl (C=O) groups excluding carboxylic acids is 1. The first-order valence-corrected chi connectivity index (χ1v) is 7.80. The lowest BCUT2D eigenvalue weighted by molar-refractivity contribution is 0.0935. The Balaban J connectivity index is 1.73. The highest BCUT2D eigenvalue weighted by atomic mass is 35.5. The molecule has 0 fully saturated rings. The van der Waals surface area contributed by atoms with E-state index in [9.17, 15) is 4.79 Å². The van der Waals surface area contributed by atoms with Crippen LogP contribution in [-0.4, -0.2) is 21.3 Å². The highest BCUT2D eigenvalue weighted by Crippen LogP contribution is 2.21. The average Bonchev–Trinajstić information content (AvgIpc) is 3.04. The number of benzene rings is 2. The quantitative estimate of drug-likeness (QED) is 0.661. The number of aromatic amines is 1. The minimum absolute atomic E-state index is 0.144. The Morgan fingerprint density at radius 2 is 1.92 bits per heavy atom. The maximum Gasteiger partial charge on any atom is 0.276 e. The van der Waals surface area contributed by atoms with Gasteiger partial charge in [-0.3, -0.25) is 4.79 Å². The first kappa shape index (κ1) is 16.0. The number of nitrogens with one attached hydrogen (secondary N) is 3. The van der Waals surface area contributed by atoms with E-state index in [1.807, 2.05) is 49.4 Å². The van der Waals surface area contributed by atoms with Crippen molar-refractivity contribution in [2.75, 3.05) is 5.32 Å². The van der Waals surface area contributed by atoms with Crippen LogP contribution in [0.3, 0.4) is 0 Å². The Hall–Kier alpha value is -2.86. The highest BCUT2D eigenvalue weighted by Gasteiger charge is 2.19. The molecule has 6 nitrogen and oxygen atoms in total. The van der Waals surface area contributed by atoms with Crippen molar-refractivity contribution in [1.29, 1.82) is 0 Å². The number of H-pyrrole nitrogens is 1. The van der Waals surface area contributed by atoms with Crippen LogP contribution in [0.25, 0.3) is 0 Å². The Labute approximate surface area is 144 Å². The Morgan fingerprint density at radius 1 is 1.12 bits per heavy atom. The summed E-state index contributed by atoms with van der Waals surface area (Å²) in [4.78, 5) is 12.5. The van der Waals surface area contributed by atoms with Crippen LogP contribution in [-0.2, 0) is 0 Å². The van der Waals surface area contributed by atoms with Gasteiger partial charge in [0.25, 0.3) is 5.91 Å². The first-order valence-electron chi connectivity index (χ1n) is 7.42. The van der Waals surface area contributed by atoms with Crippen molar-refractivity contribution in [3.8, 4) is 0 Å². The summed E-state index contributed by atoms with van der Waals surface area (Å²) in [5.41, 5.74) is 1.93. The fourth-order valence-electron chi connectivity index (χ4n) is 2.27. The molecular formula is C17H16ClN5O. The molecule has 1 aromatic heterocycles. The molecular weight excluding hydrogens is 326 g/mol. The molecule has 0 unspecified atom stereocenters. The predicted octanol–water partition coefficient (Wildman–Crippen LogP) is 3.69. The third-order valence-corrected chi connectivity index (χ3v) is 3.73. The highest BCUT2D eigenvalue weighted by molar-refractivity contribution is 6.30. The lowest BCUT2D eigenvalue weighted by Gasteiger charge is -2.13. The summed E-state index contributed by atoms with van der Waals surface area (Å²) in [6.45, 7) is 1.91. The van der Waals surface area contributed by atoms with Gasteiger partial charge in [0.15, 0.2) is 11.5 Å². The number of hydrogen-bond acceptors (Lipinski definition) is 4. The van der Waals surface area contributed by atoms with Crippen LogP contribution in [0.2, 0.25) is 5.02 Å². The summed E-state index contributed by atoms with van der Waals surface area (Å²) in [5.74, 6) is 0.0275. The van der Waals surface area contributed by atoms with E-state index in [2.05, 4.69) is 26.0 Å². The molecule has 0 saturated carbocycles. The second kappa shape index (κ2) is 7.14. The molecule has 0 aliphatic carbocycles. The normalized spacial score (nSPS) is 11.8. The number of halogens is 1. The third kappa shape index (κ3) is 3.72. The smallest absolute Gasteiger partial charge is 0.276 e. The molecule has 0 aliphatic heterocycles. The standard InChI is InChI=1S/C17H16ClN5O/c1-11(12-6-3-2-4-7-12)19-17(24)15-16(22-23-21-15)20-14-9-5-8-13(18)10-14/h2-11H,1H3,(H,19,24)(H2,20,21,22,23)/t11-/m1/s1. The van der Waals surface area contributed by atoms with Gasteiger partial charge in [-0.05, 0) is 30.7 Å². The maximum atomic E-state index is 12.5. The van der Waals surface area contributed by atoms with Crippen LogP contribution in [0.15, 0.2) is 54.6 Å². The molecule has 1 amide bonds. The summed E-state index contributed by atoms with van der Waals surface area (Å²) in [5, 5.41) is 16.9. The van der Waals surface area contributed by atoms with E-state index in [-0.39, 0.29) is 17.6 Å². The maximum absolute atomic E-state index is 12.5. The molecule has 0 radical (unpaired) electrons. The number of rotatable bonds is 5. The lowest BCUT2D eigenvalue weighted by atomic mass is 10.1. The first-order chi connectivity index (χ1) is 11.6. The van der Waals surface area contributed by atoms with Crippen molar-refractivity contribution in [3.63, 3.8) is 0 Å². The van der Waals surface area contributed by atoms with E-state index in [1.165, 1.54) is 0 Å². The monoisotopic (exact) mass is 341 g/mol. The largest absolute Gasteiger partial charge is 0.344 e. The molecule has 0 spiro atoms. The van der Waals surface area contributed by atoms with E-state index in [0.717, 1.165) is 11.3 Å². The predicted molar refractivity (Wildman–Crippen MR) is 93.4 cm³/mol. The number of hydrogen-bond donors (Lipinski definition) is 3. The summed E-state index contributed by atoms with van der Waals surface area (Å²) < 4.78 is 0. The van der Waals surface area contributed by atoms with Crippen molar-refractivity contribution in [2.45, 2.75) is 13.0 Å². The van der Waals surface area contributed by atoms with Gasteiger partial charge in [-0.15, -0.1) is 10.2 Å². The van der Waals surface area contributed by atoms with Crippen LogP contribution in [0.4, 0.5) is 11.5 Å². The molecule has 122 valence electrons. The van der Waals surface area contributed by atoms with Crippen LogP contribution < -0.4 is 10.6 Å². The molecule has 0 saturated heterocycles. The number of anilines is 2. The molecule has 0 aliphatic rings. The van der Waals surface area contributed by atoms with Crippen LogP contribution in [0.5, 0.6) is 0 Å². The lowest BCUT2D eigenvalue weighted by Crippen LogP contribution is -2.27. The number of aromatic nitrogens is 3. The van der Waals surface area contributed by atoms with Crippen LogP contribution in [0.1, 0.15) is 29.0 Å². The van der Waals surface area contributed by atoms with E-state index < -0.39 is 0 Å². The molecule has 3 N–H and O–H groups in total. The van der Waals surface area contributed by atoms with Crippen LogP contribution in [0, 0.1) is 0 Å². The minimum atomic E-state index is -0.315. The zero-order valence-corrected chi connectivity index (χ0v) is 13.7. The summed E-state index contributed by atoms with van der Waals surface area (Å²) in [6, 6.07) is 16.7. The van der Waals surface area contributed by atoms with E-state index in [4.69, 9.17) is 11.6 Å². The fraction of sp³-hybridized carbons (Fsp3) is 0.118. The Morgan fingerprint density at radius 3 is 2.67 bits per heavy atom. The minimum Gasteiger partial charge on any atom is -0.344 e. The van der Waals surface area contributed by atoms with Gasteiger partial charge >= 0.3 is 0 Å². The van der Waals surface area contributed by atoms with Gasteiger partial charge in [0.05, 0.1) is 6.04 Å². The second-order valence-corrected chi connectivity index (χ2v) is 5.70. The van der Waals surface area contributed by atoms with E-state index >= 15 is 0 Å². The molecule has 1 heterocycles. The van der Waals surface area contributed by atoms with Gasteiger partial charge < -0.3 is 10.6 Å². The molecule has 7 heteroatoms. The van der Waals surface area contributed by atoms with E-state index in [0.29, 0.717) is 10.8 Å². The number of nitrogens with zero attached hydrogens (tertiary/aromatic N) is 2. The van der Waals surface area contributed by atoms with E-state index in [1.54, 1.807) is 12.1 Å². The van der Waals surface area contributed by atoms with Gasteiger partial charge in [-0.25, -0.2) is 0 Å². The van der Waals surface area contributed by atoms with Gasteiger partial charge in [0.1, 0.15) is 0 Å². The average molecular weight is 342 g/mol. The summed E-state index contributed by atoms with van der Waals surface area (Å²) >= 11 is 5.96. The molecule has 1 atom stereocenters. The molecule has 0 bridgehead atoms. The zero-order valence-electron chi connectivity index (χ0n) is 13.0. The Bertz CT molecular complexity index is 834. The zero-order chi connectivity index (χ0) is 16.9.